The Morgan fingerprint density at radius 1 is 1.47 bits per heavy atom. The number of aromatic nitrogens is 3. The zero-order chi connectivity index (χ0) is 11.8. The van der Waals surface area contributed by atoms with Crippen molar-refractivity contribution in [3.8, 4) is 0 Å². The van der Waals surface area contributed by atoms with E-state index in [1.54, 1.807) is 0 Å². The third-order valence-corrected chi connectivity index (χ3v) is 3.61. The average molecular weight is 230 g/mol. The van der Waals surface area contributed by atoms with E-state index in [1.165, 1.54) is 18.8 Å². The second-order valence-electron chi connectivity index (χ2n) is 4.81. The van der Waals surface area contributed by atoms with Crippen LogP contribution in [0.25, 0.3) is 11.2 Å². The van der Waals surface area contributed by atoms with E-state index in [0.29, 0.717) is 5.92 Å². The molecule has 1 saturated heterocycles. The molecule has 0 aromatic carbocycles. The summed E-state index contributed by atoms with van der Waals surface area (Å²) in [7, 11) is 2.18. The van der Waals surface area contributed by atoms with Crippen molar-refractivity contribution in [2.45, 2.75) is 25.8 Å². The second-order valence-corrected chi connectivity index (χ2v) is 4.81. The first-order valence-electron chi connectivity index (χ1n) is 6.29. The fourth-order valence-corrected chi connectivity index (χ4v) is 2.75. The Kier molecular flexibility index (Phi) is 2.59. The SMILES string of the molecule is CCn1c(C2CCN(C)C2)nc2cccnc21. The fourth-order valence-electron chi connectivity index (χ4n) is 2.75. The Balaban J connectivity index is 2.09. The van der Waals surface area contributed by atoms with Gasteiger partial charge in [-0.2, -0.15) is 0 Å². The Morgan fingerprint density at radius 3 is 3.06 bits per heavy atom. The van der Waals surface area contributed by atoms with Crippen LogP contribution in [0.15, 0.2) is 18.3 Å². The molecule has 0 radical (unpaired) electrons. The number of hydrogen-bond acceptors (Lipinski definition) is 3. The van der Waals surface area contributed by atoms with E-state index < -0.39 is 0 Å². The summed E-state index contributed by atoms with van der Waals surface area (Å²) in [6, 6.07) is 4.01. The fraction of sp³-hybridized carbons (Fsp3) is 0.538. The molecule has 1 unspecified atom stereocenters. The molecule has 0 spiro atoms. The third kappa shape index (κ3) is 1.72. The highest BCUT2D eigenvalue weighted by atomic mass is 15.2. The number of aryl methyl sites for hydroxylation is 1. The molecule has 2 aromatic rings. The molecule has 4 nitrogen and oxygen atoms in total. The quantitative estimate of drug-likeness (QED) is 0.790. The Hall–Kier alpha value is -1.42. The van der Waals surface area contributed by atoms with Gasteiger partial charge in [-0.15, -0.1) is 0 Å². The number of imidazole rings is 1. The largest absolute Gasteiger partial charge is 0.313 e. The lowest BCUT2D eigenvalue weighted by Crippen LogP contribution is -2.15. The lowest BCUT2D eigenvalue weighted by atomic mass is 10.1. The molecule has 3 rings (SSSR count). The van der Waals surface area contributed by atoms with Crippen molar-refractivity contribution in [1.29, 1.82) is 0 Å². The summed E-state index contributed by atoms with van der Waals surface area (Å²) in [6.45, 7) is 5.40. The highest BCUT2D eigenvalue weighted by Gasteiger charge is 2.26. The summed E-state index contributed by atoms with van der Waals surface area (Å²) in [5, 5.41) is 0. The Bertz CT molecular complexity index is 531. The Labute approximate surface area is 101 Å². The van der Waals surface area contributed by atoms with Crippen LogP contribution in [0, 0.1) is 0 Å². The number of rotatable bonds is 2. The molecule has 2 aromatic heterocycles. The predicted molar refractivity (Wildman–Crippen MR) is 68.1 cm³/mol. The first kappa shape index (κ1) is 10.7. The molecule has 17 heavy (non-hydrogen) atoms. The van der Waals surface area contributed by atoms with Crippen molar-refractivity contribution in [2.75, 3.05) is 20.1 Å². The molecular weight excluding hydrogens is 212 g/mol. The minimum atomic E-state index is 0.564. The van der Waals surface area contributed by atoms with Gasteiger partial charge in [0.05, 0.1) is 0 Å². The van der Waals surface area contributed by atoms with Crippen LogP contribution in [-0.4, -0.2) is 39.6 Å². The standard InChI is InChI=1S/C13H18N4/c1-3-17-12(10-6-8-16(2)9-10)15-11-5-4-7-14-13(11)17/h4-5,7,10H,3,6,8-9H2,1-2H3. The second kappa shape index (κ2) is 4.11. The van der Waals surface area contributed by atoms with Crippen molar-refractivity contribution in [3.63, 3.8) is 0 Å². The number of nitrogens with zero attached hydrogens (tertiary/aromatic N) is 4. The van der Waals surface area contributed by atoms with Crippen LogP contribution in [-0.2, 0) is 6.54 Å². The van der Waals surface area contributed by atoms with E-state index in [0.717, 1.165) is 24.3 Å². The molecule has 0 amide bonds. The molecule has 3 heterocycles. The smallest absolute Gasteiger partial charge is 0.159 e. The minimum absolute atomic E-state index is 0.564. The van der Waals surface area contributed by atoms with Crippen LogP contribution in [0.3, 0.4) is 0 Å². The summed E-state index contributed by atoms with van der Waals surface area (Å²) in [6.07, 6.45) is 3.06. The summed E-state index contributed by atoms with van der Waals surface area (Å²) in [4.78, 5) is 11.6. The van der Waals surface area contributed by atoms with Crippen LogP contribution in [0.1, 0.15) is 25.1 Å². The summed E-state index contributed by atoms with van der Waals surface area (Å²) >= 11 is 0. The number of likely N-dealkylation sites (N-methyl/N-ethyl adjacent to an activating group) is 1. The lowest BCUT2D eigenvalue weighted by Gasteiger charge is -2.11. The molecule has 4 heteroatoms. The van der Waals surface area contributed by atoms with Crippen LogP contribution < -0.4 is 0 Å². The molecular formula is C13H18N4. The average Bonchev–Trinajstić information content (AvgIpc) is 2.91. The number of fused-ring (bicyclic) bond motifs is 1. The van der Waals surface area contributed by atoms with Gasteiger partial charge in [-0.3, -0.25) is 0 Å². The maximum absolute atomic E-state index is 4.77. The van der Waals surface area contributed by atoms with Gasteiger partial charge in [-0.05, 0) is 39.1 Å². The van der Waals surface area contributed by atoms with Crippen molar-refractivity contribution < 1.29 is 0 Å². The van der Waals surface area contributed by atoms with E-state index in [4.69, 9.17) is 4.98 Å². The summed E-state index contributed by atoms with van der Waals surface area (Å²) < 4.78 is 2.26. The molecule has 1 fully saturated rings. The zero-order valence-corrected chi connectivity index (χ0v) is 10.4. The van der Waals surface area contributed by atoms with Gasteiger partial charge in [0, 0.05) is 25.2 Å². The molecule has 0 N–H and O–H groups in total. The molecule has 0 saturated carbocycles. The van der Waals surface area contributed by atoms with E-state index in [1.807, 2.05) is 12.3 Å². The van der Waals surface area contributed by atoms with Crippen molar-refractivity contribution in [1.82, 2.24) is 19.4 Å². The van der Waals surface area contributed by atoms with Gasteiger partial charge >= 0.3 is 0 Å². The van der Waals surface area contributed by atoms with Crippen molar-refractivity contribution >= 4 is 11.2 Å². The van der Waals surface area contributed by atoms with Gasteiger partial charge in [0.25, 0.3) is 0 Å². The van der Waals surface area contributed by atoms with Gasteiger partial charge in [-0.1, -0.05) is 0 Å². The van der Waals surface area contributed by atoms with Crippen LogP contribution in [0.2, 0.25) is 0 Å². The molecule has 1 atom stereocenters. The van der Waals surface area contributed by atoms with E-state index in [-0.39, 0.29) is 0 Å². The lowest BCUT2D eigenvalue weighted by molar-refractivity contribution is 0.408. The topological polar surface area (TPSA) is 34.0 Å². The maximum atomic E-state index is 4.77. The molecule has 0 aliphatic carbocycles. The van der Waals surface area contributed by atoms with Crippen LogP contribution in [0.5, 0.6) is 0 Å². The monoisotopic (exact) mass is 230 g/mol. The summed E-state index contributed by atoms with van der Waals surface area (Å²) in [5.74, 6) is 1.78. The zero-order valence-electron chi connectivity index (χ0n) is 10.4. The number of likely N-dealkylation sites (tertiary alicyclic amines) is 1. The van der Waals surface area contributed by atoms with E-state index in [2.05, 4.69) is 34.5 Å². The highest BCUT2D eigenvalue weighted by Crippen LogP contribution is 2.27. The maximum Gasteiger partial charge on any atom is 0.159 e. The Morgan fingerprint density at radius 2 is 2.35 bits per heavy atom. The number of hydrogen-bond donors (Lipinski definition) is 0. The first-order chi connectivity index (χ1) is 8.29. The van der Waals surface area contributed by atoms with Gasteiger partial charge in [0.2, 0.25) is 0 Å². The molecule has 0 bridgehead atoms. The van der Waals surface area contributed by atoms with Crippen LogP contribution in [0.4, 0.5) is 0 Å². The highest BCUT2D eigenvalue weighted by molar-refractivity contribution is 5.71. The van der Waals surface area contributed by atoms with Crippen molar-refractivity contribution in [2.24, 2.45) is 0 Å². The minimum Gasteiger partial charge on any atom is -0.313 e. The number of pyridine rings is 1. The van der Waals surface area contributed by atoms with Gasteiger partial charge in [0.1, 0.15) is 11.3 Å². The van der Waals surface area contributed by atoms with E-state index >= 15 is 0 Å². The summed E-state index contributed by atoms with van der Waals surface area (Å²) in [5.41, 5.74) is 2.05. The molecule has 90 valence electrons. The van der Waals surface area contributed by atoms with E-state index in [9.17, 15) is 0 Å². The van der Waals surface area contributed by atoms with Gasteiger partial charge < -0.3 is 9.47 Å². The molecule has 1 aliphatic rings. The molecule has 1 aliphatic heterocycles. The first-order valence-corrected chi connectivity index (χ1v) is 6.29. The third-order valence-electron chi connectivity index (χ3n) is 3.61. The van der Waals surface area contributed by atoms with Gasteiger partial charge in [-0.25, -0.2) is 9.97 Å². The van der Waals surface area contributed by atoms with Gasteiger partial charge in [0.15, 0.2) is 5.65 Å². The normalized spacial score (nSPS) is 21.4. The predicted octanol–water partition coefficient (Wildman–Crippen LogP) is 1.87. The van der Waals surface area contributed by atoms with Crippen LogP contribution >= 0.6 is 0 Å². The van der Waals surface area contributed by atoms with Crippen molar-refractivity contribution in [3.05, 3.63) is 24.2 Å².